The van der Waals surface area contributed by atoms with Crippen LogP contribution in [0.3, 0.4) is 0 Å². The normalized spacial score (nSPS) is 17.8. The molecule has 2 N–H and O–H groups in total. The lowest BCUT2D eigenvalue weighted by Gasteiger charge is -2.14. The second kappa shape index (κ2) is 8.17. The Balaban J connectivity index is 1.75. The van der Waals surface area contributed by atoms with Crippen molar-refractivity contribution in [3.63, 3.8) is 0 Å². The number of aliphatic hydroxyl groups excluding tert-OH is 1. The van der Waals surface area contributed by atoms with Gasteiger partial charge in [0.25, 0.3) is 0 Å². The van der Waals surface area contributed by atoms with Gasteiger partial charge >= 0.3 is 0 Å². The van der Waals surface area contributed by atoms with E-state index in [2.05, 4.69) is 10.2 Å². The molecule has 0 unspecified atom stereocenters. The third-order valence-corrected chi connectivity index (χ3v) is 2.46. The first-order valence-corrected chi connectivity index (χ1v) is 5.55. The van der Waals surface area contributed by atoms with Crippen molar-refractivity contribution >= 4 is 0 Å². The van der Waals surface area contributed by atoms with Crippen LogP contribution in [0.5, 0.6) is 0 Å². The van der Waals surface area contributed by atoms with E-state index >= 15 is 0 Å². The summed E-state index contributed by atoms with van der Waals surface area (Å²) in [6.07, 6.45) is 2.72. The molecule has 1 fully saturated rings. The lowest BCUT2D eigenvalue weighted by atomic mass is 10.4. The van der Waals surface area contributed by atoms with Crippen molar-refractivity contribution in [2.45, 2.75) is 12.8 Å². The summed E-state index contributed by atoms with van der Waals surface area (Å²) in [7, 11) is 0. The molecular formula is C10H22N2O2. The number of nitrogens with one attached hydrogen (secondary N) is 1. The molecule has 4 nitrogen and oxygen atoms in total. The topological polar surface area (TPSA) is 44.7 Å². The van der Waals surface area contributed by atoms with Crippen LogP contribution in [0.15, 0.2) is 0 Å². The van der Waals surface area contributed by atoms with Gasteiger partial charge in [0.15, 0.2) is 0 Å². The van der Waals surface area contributed by atoms with E-state index in [-0.39, 0.29) is 6.61 Å². The summed E-state index contributed by atoms with van der Waals surface area (Å²) in [6.45, 7) is 6.88. The van der Waals surface area contributed by atoms with Crippen molar-refractivity contribution in [3.8, 4) is 0 Å². The van der Waals surface area contributed by atoms with E-state index in [1.54, 1.807) is 0 Å². The fourth-order valence-electron chi connectivity index (χ4n) is 1.68. The zero-order valence-corrected chi connectivity index (χ0v) is 8.87. The van der Waals surface area contributed by atoms with Gasteiger partial charge in [0.2, 0.25) is 0 Å². The quantitative estimate of drug-likeness (QED) is 0.530. The van der Waals surface area contributed by atoms with Gasteiger partial charge in [0.1, 0.15) is 0 Å². The third-order valence-electron chi connectivity index (χ3n) is 2.46. The van der Waals surface area contributed by atoms with Crippen LogP contribution in [0.2, 0.25) is 0 Å². The average molecular weight is 202 g/mol. The van der Waals surface area contributed by atoms with Gasteiger partial charge in [-0.15, -0.1) is 0 Å². The molecule has 1 aliphatic heterocycles. The molecule has 1 saturated heterocycles. The number of ether oxygens (including phenoxy) is 1. The minimum Gasteiger partial charge on any atom is -0.394 e. The Morgan fingerprint density at radius 3 is 2.64 bits per heavy atom. The van der Waals surface area contributed by atoms with Crippen LogP contribution in [0, 0.1) is 0 Å². The molecule has 1 aliphatic rings. The molecule has 0 aromatic carbocycles. The predicted molar refractivity (Wildman–Crippen MR) is 56.4 cm³/mol. The molecule has 84 valence electrons. The van der Waals surface area contributed by atoms with Crippen LogP contribution >= 0.6 is 0 Å². The highest BCUT2D eigenvalue weighted by Crippen LogP contribution is 2.05. The summed E-state index contributed by atoms with van der Waals surface area (Å²) in [5.41, 5.74) is 0. The van der Waals surface area contributed by atoms with Gasteiger partial charge in [-0.25, -0.2) is 0 Å². The summed E-state index contributed by atoms with van der Waals surface area (Å²) in [5, 5.41) is 11.8. The summed E-state index contributed by atoms with van der Waals surface area (Å²) in [5.74, 6) is 0. The van der Waals surface area contributed by atoms with E-state index in [1.165, 1.54) is 25.9 Å². The van der Waals surface area contributed by atoms with Crippen LogP contribution < -0.4 is 5.32 Å². The molecule has 0 aliphatic carbocycles. The molecule has 0 aromatic heterocycles. The van der Waals surface area contributed by atoms with Crippen LogP contribution in [0.1, 0.15) is 12.8 Å². The molecule has 0 atom stereocenters. The number of likely N-dealkylation sites (tertiary alicyclic amines) is 1. The lowest BCUT2D eigenvalue weighted by Crippen LogP contribution is -2.31. The fraction of sp³-hybridized carbons (Fsp3) is 1.00. The first-order chi connectivity index (χ1) is 6.93. The van der Waals surface area contributed by atoms with Crippen LogP contribution in [0.25, 0.3) is 0 Å². The summed E-state index contributed by atoms with van der Waals surface area (Å²) < 4.78 is 5.13. The van der Waals surface area contributed by atoms with Gasteiger partial charge in [-0.05, 0) is 25.9 Å². The van der Waals surface area contributed by atoms with Gasteiger partial charge in [0, 0.05) is 19.6 Å². The third kappa shape index (κ3) is 5.54. The van der Waals surface area contributed by atoms with Crippen LogP contribution in [0.4, 0.5) is 0 Å². The van der Waals surface area contributed by atoms with Crippen molar-refractivity contribution in [3.05, 3.63) is 0 Å². The zero-order chi connectivity index (χ0) is 10.1. The van der Waals surface area contributed by atoms with Crippen molar-refractivity contribution in [1.82, 2.24) is 10.2 Å². The smallest absolute Gasteiger partial charge is 0.0698 e. The molecule has 0 spiro atoms. The van der Waals surface area contributed by atoms with Crippen molar-refractivity contribution < 1.29 is 9.84 Å². The maximum atomic E-state index is 8.46. The van der Waals surface area contributed by atoms with Gasteiger partial charge in [-0.3, -0.25) is 0 Å². The summed E-state index contributed by atoms with van der Waals surface area (Å²) >= 11 is 0. The molecule has 0 radical (unpaired) electrons. The Hall–Kier alpha value is -0.160. The van der Waals surface area contributed by atoms with Crippen molar-refractivity contribution in [2.24, 2.45) is 0 Å². The predicted octanol–water partition coefficient (Wildman–Crippen LogP) is -0.319. The summed E-state index contributed by atoms with van der Waals surface area (Å²) in [4.78, 5) is 2.49. The first kappa shape index (κ1) is 11.9. The van der Waals surface area contributed by atoms with E-state index in [4.69, 9.17) is 9.84 Å². The summed E-state index contributed by atoms with van der Waals surface area (Å²) in [6, 6.07) is 0. The number of rotatable bonds is 8. The number of aliphatic hydroxyl groups is 1. The van der Waals surface area contributed by atoms with E-state index in [1.807, 2.05) is 0 Å². The largest absolute Gasteiger partial charge is 0.394 e. The Morgan fingerprint density at radius 1 is 1.14 bits per heavy atom. The highest BCUT2D eigenvalue weighted by Gasteiger charge is 2.09. The van der Waals surface area contributed by atoms with E-state index in [0.29, 0.717) is 13.2 Å². The second-order valence-electron chi connectivity index (χ2n) is 3.63. The molecule has 4 heteroatoms. The number of hydrogen-bond acceptors (Lipinski definition) is 4. The van der Waals surface area contributed by atoms with Crippen LogP contribution in [-0.2, 0) is 4.74 Å². The molecular weight excluding hydrogens is 180 g/mol. The van der Waals surface area contributed by atoms with Crippen molar-refractivity contribution in [1.29, 1.82) is 0 Å². The molecule has 0 bridgehead atoms. The average Bonchev–Trinajstić information content (AvgIpc) is 2.69. The molecule has 0 amide bonds. The fourth-order valence-corrected chi connectivity index (χ4v) is 1.68. The van der Waals surface area contributed by atoms with Crippen molar-refractivity contribution in [2.75, 3.05) is 52.5 Å². The van der Waals surface area contributed by atoms with E-state index in [9.17, 15) is 0 Å². The standard InChI is InChI=1S/C10H22N2O2/c13-8-10-14-9-4-11-3-7-12-5-1-2-6-12/h11,13H,1-10H2. The minimum atomic E-state index is 0.119. The lowest BCUT2D eigenvalue weighted by molar-refractivity contribution is 0.0937. The van der Waals surface area contributed by atoms with Gasteiger partial charge < -0.3 is 20.1 Å². The highest BCUT2D eigenvalue weighted by atomic mass is 16.5. The zero-order valence-electron chi connectivity index (χ0n) is 8.87. The second-order valence-corrected chi connectivity index (χ2v) is 3.63. The van der Waals surface area contributed by atoms with E-state index in [0.717, 1.165) is 19.6 Å². The SMILES string of the molecule is OCCOCCNCCN1CCCC1. The number of nitrogens with zero attached hydrogens (tertiary/aromatic N) is 1. The molecule has 0 saturated carbocycles. The molecule has 14 heavy (non-hydrogen) atoms. The minimum absolute atomic E-state index is 0.119. The Bertz CT molecular complexity index is 127. The van der Waals surface area contributed by atoms with Gasteiger partial charge in [0.05, 0.1) is 19.8 Å². The highest BCUT2D eigenvalue weighted by molar-refractivity contribution is 4.66. The Kier molecular flexibility index (Phi) is 6.95. The maximum Gasteiger partial charge on any atom is 0.0698 e. The first-order valence-electron chi connectivity index (χ1n) is 5.55. The molecule has 1 rings (SSSR count). The molecule has 1 heterocycles. The number of hydrogen-bond donors (Lipinski definition) is 2. The maximum absolute atomic E-state index is 8.46. The molecule has 0 aromatic rings. The monoisotopic (exact) mass is 202 g/mol. The van der Waals surface area contributed by atoms with Crippen LogP contribution in [-0.4, -0.2) is 62.6 Å². The Morgan fingerprint density at radius 2 is 1.93 bits per heavy atom. The van der Waals surface area contributed by atoms with Gasteiger partial charge in [-0.1, -0.05) is 0 Å². The van der Waals surface area contributed by atoms with Gasteiger partial charge in [-0.2, -0.15) is 0 Å². The van der Waals surface area contributed by atoms with E-state index < -0.39 is 0 Å². The Labute approximate surface area is 86.2 Å².